The Labute approximate surface area is 188 Å². The van der Waals surface area contributed by atoms with Gasteiger partial charge in [0.05, 0.1) is 17.8 Å². The van der Waals surface area contributed by atoms with Gasteiger partial charge in [-0.1, -0.05) is 32.4 Å². The van der Waals surface area contributed by atoms with Gasteiger partial charge in [0.1, 0.15) is 11.9 Å². The van der Waals surface area contributed by atoms with E-state index in [2.05, 4.69) is 24.3 Å². The Kier molecular flexibility index (Phi) is 8.02. The smallest absolute Gasteiger partial charge is 0.305 e. The molecule has 1 aromatic heterocycles. The van der Waals surface area contributed by atoms with E-state index in [0.29, 0.717) is 5.56 Å². The van der Waals surface area contributed by atoms with Gasteiger partial charge >= 0.3 is 5.97 Å². The van der Waals surface area contributed by atoms with Crippen molar-refractivity contribution >= 4 is 11.9 Å². The van der Waals surface area contributed by atoms with Crippen LogP contribution in [0.25, 0.3) is 5.69 Å². The number of aromatic nitrogens is 2. The predicted octanol–water partition coefficient (Wildman–Crippen LogP) is 4.56. The molecule has 3 rings (SSSR count). The summed E-state index contributed by atoms with van der Waals surface area (Å²) in [5.41, 5.74) is 3.50. The lowest BCUT2D eigenvalue weighted by Crippen LogP contribution is -2.26. The highest BCUT2D eigenvalue weighted by molar-refractivity contribution is 5.94. The SMILES string of the molecule is CCCC(Oc1ccc(-n2ccc(CC)n2)cc1)c1ccc(C(=O)NCCC(=O)O)cc1. The molecule has 0 aliphatic rings. The standard InChI is InChI=1S/C25H29N3O4/c1-3-5-23(18-6-8-19(9-7-18)25(31)26-16-14-24(29)30)32-22-12-10-21(11-13-22)28-17-15-20(4-2)27-28/h6-13,15,17,23H,3-5,14,16H2,1-2H3,(H,26,31)(H,29,30). The van der Waals surface area contributed by atoms with Crippen LogP contribution >= 0.6 is 0 Å². The Morgan fingerprint density at radius 1 is 1.06 bits per heavy atom. The third-order valence-corrected chi connectivity index (χ3v) is 5.11. The number of aryl methyl sites for hydroxylation is 1. The van der Waals surface area contributed by atoms with Crippen molar-refractivity contribution in [1.82, 2.24) is 15.1 Å². The number of hydrogen-bond donors (Lipinski definition) is 2. The monoisotopic (exact) mass is 435 g/mol. The van der Waals surface area contributed by atoms with Crippen molar-refractivity contribution in [3.63, 3.8) is 0 Å². The maximum absolute atomic E-state index is 12.2. The zero-order valence-corrected chi connectivity index (χ0v) is 18.5. The van der Waals surface area contributed by atoms with Crippen LogP contribution in [0.5, 0.6) is 5.75 Å². The van der Waals surface area contributed by atoms with Gasteiger partial charge < -0.3 is 15.2 Å². The average molecular weight is 436 g/mol. The molecule has 2 N–H and O–H groups in total. The molecule has 1 heterocycles. The number of hydrogen-bond acceptors (Lipinski definition) is 4. The summed E-state index contributed by atoms with van der Waals surface area (Å²) in [6.07, 6.45) is 4.41. The summed E-state index contributed by atoms with van der Waals surface area (Å²) in [7, 11) is 0. The van der Waals surface area contributed by atoms with Crippen LogP contribution in [-0.2, 0) is 11.2 Å². The maximum atomic E-state index is 12.2. The molecule has 0 bridgehead atoms. The van der Waals surface area contributed by atoms with E-state index in [0.717, 1.165) is 42.0 Å². The highest BCUT2D eigenvalue weighted by atomic mass is 16.5. The number of benzene rings is 2. The molecule has 0 radical (unpaired) electrons. The van der Waals surface area contributed by atoms with Crippen molar-refractivity contribution < 1.29 is 19.4 Å². The number of amides is 1. The summed E-state index contributed by atoms with van der Waals surface area (Å²) in [5.74, 6) is -0.458. The quantitative estimate of drug-likeness (QED) is 0.461. The summed E-state index contributed by atoms with van der Waals surface area (Å²) >= 11 is 0. The van der Waals surface area contributed by atoms with Gasteiger partial charge in [-0.15, -0.1) is 0 Å². The first-order valence-electron chi connectivity index (χ1n) is 10.9. The van der Waals surface area contributed by atoms with Crippen LogP contribution in [0.3, 0.4) is 0 Å². The topological polar surface area (TPSA) is 93.5 Å². The van der Waals surface area contributed by atoms with E-state index < -0.39 is 5.97 Å². The van der Waals surface area contributed by atoms with Gasteiger partial charge in [-0.25, -0.2) is 4.68 Å². The zero-order valence-electron chi connectivity index (χ0n) is 18.5. The molecule has 0 spiro atoms. The molecule has 0 aliphatic carbocycles. The number of ether oxygens (including phenoxy) is 1. The maximum Gasteiger partial charge on any atom is 0.305 e. The van der Waals surface area contributed by atoms with E-state index >= 15 is 0 Å². The minimum absolute atomic E-state index is 0.102. The first-order chi connectivity index (χ1) is 15.5. The van der Waals surface area contributed by atoms with Crippen molar-refractivity contribution in [1.29, 1.82) is 0 Å². The van der Waals surface area contributed by atoms with E-state index in [4.69, 9.17) is 9.84 Å². The molecule has 1 unspecified atom stereocenters. The van der Waals surface area contributed by atoms with E-state index in [1.165, 1.54) is 0 Å². The fraction of sp³-hybridized carbons (Fsp3) is 0.320. The molecule has 3 aromatic rings. The normalized spacial score (nSPS) is 11.7. The first-order valence-corrected chi connectivity index (χ1v) is 10.9. The second-order valence-electron chi connectivity index (χ2n) is 7.52. The number of carbonyl (C=O) groups is 2. The predicted molar refractivity (Wildman–Crippen MR) is 122 cm³/mol. The van der Waals surface area contributed by atoms with Gasteiger partial charge in [-0.3, -0.25) is 9.59 Å². The molecule has 2 aromatic carbocycles. The third-order valence-electron chi connectivity index (χ3n) is 5.11. The Balaban J connectivity index is 1.65. The van der Waals surface area contributed by atoms with E-state index in [1.807, 2.05) is 53.3 Å². The molecular weight excluding hydrogens is 406 g/mol. The summed E-state index contributed by atoms with van der Waals surface area (Å²) in [6.45, 7) is 4.29. The van der Waals surface area contributed by atoms with Crippen LogP contribution in [0.15, 0.2) is 60.8 Å². The minimum atomic E-state index is -0.941. The summed E-state index contributed by atoms with van der Waals surface area (Å²) in [6, 6.07) is 17.1. The van der Waals surface area contributed by atoms with E-state index in [-0.39, 0.29) is 25.0 Å². The fourth-order valence-corrected chi connectivity index (χ4v) is 3.33. The van der Waals surface area contributed by atoms with Gasteiger partial charge in [-0.2, -0.15) is 5.10 Å². The fourth-order valence-electron chi connectivity index (χ4n) is 3.33. The minimum Gasteiger partial charge on any atom is -0.486 e. The second kappa shape index (κ2) is 11.1. The van der Waals surface area contributed by atoms with Gasteiger partial charge in [-0.05, 0) is 60.9 Å². The van der Waals surface area contributed by atoms with Gasteiger partial charge in [0.2, 0.25) is 0 Å². The summed E-state index contributed by atoms with van der Waals surface area (Å²) in [5, 5.41) is 15.8. The first kappa shape index (κ1) is 23.1. The van der Waals surface area contributed by atoms with Crippen molar-refractivity contribution in [3.8, 4) is 11.4 Å². The van der Waals surface area contributed by atoms with E-state index in [1.54, 1.807) is 12.1 Å². The second-order valence-corrected chi connectivity index (χ2v) is 7.52. The Hall–Kier alpha value is -3.61. The summed E-state index contributed by atoms with van der Waals surface area (Å²) < 4.78 is 8.11. The third kappa shape index (κ3) is 6.20. The lowest BCUT2D eigenvalue weighted by atomic mass is 10.0. The number of nitrogens with one attached hydrogen (secondary N) is 1. The van der Waals surface area contributed by atoms with Gasteiger partial charge in [0.25, 0.3) is 5.91 Å². The number of aliphatic carboxylic acids is 1. The van der Waals surface area contributed by atoms with Crippen molar-refractivity contribution in [2.24, 2.45) is 0 Å². The molecule has 0 saturated heterocycles. The number of carbonyl (C=O) groups excluding carboxylic acids is 1. The Morgan fingerprint density at radius 2 is 1.78 bits per heavy atom. The molecule has 7 nitrogen and oxygen atoms in total. The van der Waals surface area contributed by atoms with Crippen molar-refractivity contribution in [3.05, 3.63) is 77.6 Å². The molecule has 1 amide bonds. The zero-order chi connectivity index (χ0) is 22.9. The van der Waals surface area contributed by atoms with Gasteiger partial charge in [0, 0.05) is 18.3 Å². The molecule has 0 aliphatic heterocycles. The average Bonchev–Trinajstić information content (AvgIpc) is 3.28. The van der Waals surface area contributed by atoms with Crippen molar-refractivity contribution in [2.75, 3.05) is 6.54 Å². The Bertz CT molecular complexity index is 1030. The molecule has 1 atom stereocenters. The van der Waals surface area contributed by atoms with Crippen LogP contribution in [0.4, 0.5) is 0 Å². The number of nitrogens with zero attached hydrogens (tertiary/aromatic N) is 2. The molecule has 0 saturated carbocycles. The van der Waals surface area contributed by atoms with Crippen LogP contribution in [0, 0.1) is 0 Å². The van der Waals surface area contributed by atoms with Gasteiger partial charge in [0.15, 0.2) is 0 Å². The molecule has 0 fully saturated rings. The van der Waals surface area contributed by atoms with Crippen LogP contribution in [-0.4, -0.2) is 33.3 Å². The van der Waals surface area contributed by atoms with Crippen LogP contribution in [0.2, 0.25) is 0 Å². The largest absolute Gasteiger partial charge is 0.486 e. The molecule has 32 heavy (non-hydrogen) atoms. The van der Waals surface area contributed by atoms with E-state index in [9.17, 15) is 9.59 Å². The highest BCUT2D eigenvalue weighted by Crippen LogP contribution is 2.27. The number of rotatable bonds is 11. The highest BCUT2D eigenvalue weighted by Gasteiger charge is 2.14. The molecule has 168 valence electrons. The molecule has 7 heteroatoms. The Morgan fingerprint density at radius 3 is 2.38 bits per heavy atom. The van der Waals surface area contributed by atoms with Crippen molar-refractivity contribution in [2.45, 2.75) is 45.6 Å². The van der Waals surface area contributed by atoms with Crippen LogP contribution < -0.4 is 10.1 Å². The lowest BCUT2D eigenvalue weighted by molar-refractivity contribution is -0.136. The number of carboxylic acid groups (broad SMARTS) is 1. The lowest BCUT2D eigenvalue weighted by Gasteiger charge is -2.19. The van der Waals surface area contributed by atoms with Crippen LogP contribution in [0.1, 0.15) is 60.8 Å². The molecular formula is C25H29N3O4. The number of carboxylic acids is 1. The summed E-state index contributed by atoms with van der Waals surface area (Å²) in [4.78, 5) is 22.7.